The SMILES string of the molecule is FC(F)(F)CC1C=CCO1. The molecule has 1 rings (SSSR count). The molecule has 0 radical (unpaired) electrons. The van der Waals surface area contributed by atoms with Gasteiger partial charge < -0.3 is 4.74 Å². The molecule has 0 N–H and O–H groups in total. The molecule has 0 amide bonds. The minimum atomic E-state index is -4.11. The van der Waals surface area contributed by atoms with Gasteiger partial charge in [-0.3, -0.25) is 0 Å². The van der Waals surface area contributed by atoms with Crippen LogP contribution in [0.2, 0.25) is 0 Å². The molecule has 0 fully saturated rings. The third kappa shape index (κ3) is 2.39. The molecule has 0 bridgehead atoms. The van der Waals surface area contributed by atoms with Crippen LogP contribution in [0.5, 0.6) is 0 Å². The molecule has 4 heteroatoms. The van der Waals surface area contributed by atoms with Gasteiger partial charge in [-0.05, 0) is 0 Å². The third-order valence-corrected chi connectivity index (χ3v) is 1.19. The summed E-state index contributed by atoms with van der Waals surface area (Å²) in [4.78, 5) is 0. The van der Waals surface area contributed by atoms with Gasteiger partial charge in [0.1, 0.15) is 0 Å². The number of halogens is 3. The van der Waals surface area contributed by atoms with Crippen molar-refractivity contribution in [3.05, 3.63) is 12.2 Å². The summed E-state index contributed by atoms with van der Waals surface area (Å²) in [6.07, 6.45) is -2.70. The van der Waals surface area contributed by atoms with Crippen LogP contribution in [0.15, 0.2) is 12.2 Å². The monoisotopic (exact) mass is 152 g/mol. The Balaban J connectivity index is 2.31. The topological polar surface area (TPSA) is 9.23 Å². The summed E-state index contributed by atoms with van der Waals surface area (Å²) < 4.78 is 39.5. The van der Waals surface area contributed by atoms with Crippen LogP contribution in [0.1, 0.15) is 6.42 Å². The maximum atomic E-state index is 11.6. The van der Waals surface area contributed by atoms with Crippen LogP contribution in [0, 0.1) is 0 Å². The normalized spacial score (nSPS) is 25.7. The zero-order valence-corrected chi connectivity index (χ0v) is 5.19. The molecule has 1 unspecified atom stereocenters. The molecule has 1 nitrogen and oxygen atoms in total. The average molecular weight is 152 g/mol. The summed E-state index contributed by atoms with van der Waals surface area (Å²) in [5.74, 6) is 0. The van der Waals surface area contributed by atoms with E-state index in [0.717, 1.165) is 0 Å². The second-order valence-electron chi connectivity index (χ2n) is 2.12. The minimum absolute atomic E-state index is 0.306. The molecule has 0 saturated heterocycles. The minimum Gasteiger partial charge on any atom is -0.370 e. The van der Waals surface area contributed by atoms with E-state index in [1.165, 1.54) is 6.08 Å². The van der Waals surface area contributed by atoms with Gasteiger partial charge in [0.05, 0.1) is 19.1 Å². The number of ether oxygens (including phenoxy) is 1. The Kier molecular flexibility index (Phi) is 1.99. The first kappa shape index (κ1) is 7.60. The van der Waals surface area contributed by atoms with Crippen LogP contribution in [-0.4, -0.2) is 18.9 Å². The fourth-order valence-electron chi connectivity index (χ4n) is 0.797. The van der Waals surface area contributed by atoms with Crippen molar-refractivity contribution in [1.82, 2.24) is 0 Å². The van der Waals surface area contributed by atoms with Gasteiger partial charge in [0, 0.05) is 0 Å². The standard InChI is InChI=1S/C6H7F3O/c7-6(8,9)4-5-2-1-3-10-5/h1-2,5H,3-4H2. The molecule has 1 aliphatic rings. The van der Waals surface area contributed by atoms with E-state index in [1.807, 2.05) is 0 Å². The predicted molar refractivity (Wildman–Crippen MR) is 29.6 cm³/mol. The van der Waals surface area contributed by atoms with Gasteiger partial charge in [0.15, 0.2) is 0 Å². The zero-order valence-electron chi connectivity index (χ0n) is 5.19. The summed E-state index contributed by atoms with van der Waals surface area (Å²) in [7, 11) is 0. The smallest absolute Gasteiger partial charge is 0.370 e. The molecule has 0 aromatic heterocycles. The lowest BCUT2D eigenvalue weighted by atomic mass is 10.2. The maximum Gasteiger partial charge on any atom is 0.391 e. The average Bonchev–Trinajstić information content (AvgIpc) is 2.12. The van der Waals surface area contributed by atoms with E-state index in [9.17, 15) is 13.2 Å². The fourth-order valence-corrected chi connectivity index (χ4v) is 0.797. The number of hydrogen-bond donors (Lipinski definition) is 0. The van der Waals surface area contributed by atoms with Gasteiger partial charge in [-0.15, -0.1) is 0 Å². The van der Waals surface area contributed by atoms with E-state index in [-0.39, 0.29) is 0 Å². The molecule has 0 saturated carbocycles. The molecule has 0 spiro atoms. The lowest BCUT2D eigenvalue weighted by Crippen LogP contribution is -2.17. The summed E-state index contributed by atoms with van der Waals surface area (Å²) in [6, 6.07) is 0. The Labute approximate surface area is 56.5 Å². The van der Waals surface area contributed by atoms with Gasteiger partial charge >= 0.3 is 6.18 Å². The first-order valence-electron chi connectivity index (χ1n) is 2.93. The number of alkyl halides is 3. The molecule has 10 heavy (non-hydrogen) atoms. The van der Waals surface area contributed by atoms with E-state index in [0.29, 0.717) is 6.61 Å². The third-order valence-electron chi connectivity index (χ3n) is 1.19. The summed E-state index contributed by atoms with van der Waals surface area (Å²) in [5.41, 5.74) is 0. The molecule has 1 heterocycles. The second kappa shape index (κ2) is 2.62. The highest BCUT2D eigenvalue weighted by Gasteiger charge is 2.32. The Bertz CT molecular complexity index is 138. The molecule has 58 valence electrons. The molecule has 0 aliphatic carbocycles. The van der Waals surface area contributed by atoms with Crippen LogP contribution < -0.4 is 0 Å². The van der Waals surface area contributed by atoms with Crippen LogP contribution in [0.4, 0.5) is 13.2 Å². The van der Waals surface area contributed by atoms with Crippen molar-refractivity contribution in [2.45, 2.75) is 18.7 Å². The summed E-state index contributed by atoms with van der Waals surface area (Å²) in [5, 5.41) is 0. The van der Waals surface area contributed by atoms with E-state index in [4.69, 9.17) is 4.74 Å². The lowest BCUT2D eigenvalue weighted by molar-refractivity contribution is -0.151. The van der Waals surface area contributed by atoms with Gasteiger partial charge in [-0.25, -0.2) is 0 Å². The molecular weight excluding hydrogens is 145 g/mol. The van der Waals surface area contributed by atoms with Crippen molar-refractivity contribution in [3.63, 3.8) is 0 Å². The molecule has 0 aromatic rings. The first-order chi connectivity index (χ1) is 4.58. The number of hydrogen-bond acceptors (Lipinski definition) is 1. The highest BCUT2D eigenvalue weighted by atomic mass is 19.4. The van der Waals surface area contributed by atoms with Crippen molar-refractivity contribution in [3.8, 4) is 0 Å². The van der Waals surface area contributed by atoms with Crippen LogP contribution in [0.3, 0.4) is 0 Å². The van der Waals surface area contributed by atoms with Crippen molar-refractivity contribution in [1.29, 1.82) is 0 Å². The molecule has 1 atom stereocenters. The highest BCUT2D eigenvalue weighted by molar-refractivity contribution is 4.96. The summed E-state index contributed by atoms with van der Waals surface area (Å²) >= 11 is 0. The van der Waals surface area contributed by atoms with Gasteiger partial charge in [-0.2, -0.15) is 13.2 Å². The van der Waals surface area contributed by atoms with Crippen LogP contribution in [-0.2, 0) is 4.74 Å². The second-order valence-corrected chi connectivity index (χ2v) is 2.12. The maximum absolute atomic E-state index is 11.6. The Morgan fingerprint density at radius 3 is 2.60 bits per heavy atom. The highest BCUT2D eigenvalue weighted by Crippen LogP contribution is 2.24. The Hall–Kier alpha value is -0.510. The first-order valence-corrected chi connectivity index (χ1v) is 2.93. The van der Waals surface area contributed by atoms with E-state index in [1.54, 1.807) is 6.08 Å². The van der Waals surface area contributed by atoms with Crippen molar-refractivity contribution in [2.75, 3.05) is 6.61 Å². The van der Waals surface area contributed by atoms with E-state index >= 15 is 0 Å². The Morgan fingerprint density at radius 2 is 2.20 bits per heavy atom. The fraction of sp³-hybridized carbons (Fsp3) is 0.667. The van der Waals surface area contributed by atoms with Crippen molar-refractivity contribution in [2.24, 2.45) is 0 Å². The molecular formula is C6H7F3O. The largest absolute Gasteiger partial charge is 0.391 e. The van der Waals surface area contributed by atoms with Crippen LogP contribution in [0.25, 0.3) is 0 Å². The van der Waals surface area contributed by atoms with Crippen molar-refractivity contribution < 1.29 is 17.9 Å². The molecule has 1 aliphatic heterocycles. The lowest BCUT2D eigenvalue weighted by Gasteiger charge is -2.10. The van der Waals surface area contributed by atoms with Gasteiger partial charge in [0.2, 0.25) is 0 Å². The van der Waals surface area contributed by atoms with E-state index < -0.39 is 18.7 Å². The predicted octanol–water partition coefficient (Wildman–Crippen LogP) is 1.89. The molecule has 0 aromatic carbocycles. The van der Waals surface area contributed by atoms with Crippen molar-refractivity contribution >= 4 is 0 Å². The summed E-state index contributed by atoms with van der Waals surface area (Å²) in [6.45, 7) is 0.306. The van der Waals surface area contributed by atoms with Gasteiger partial charge in [-0.1, -0.05) is 12.2 Å². The quantitative estimate of drug-likeness (QED) is 0.521. The van der Waals surface area contributed by atoms with Gasteiger partial charge in [0.25, 0.3) is 0 Å². The van der Waals surface area contributed by atoms with Crippen LogP contribution >= 0.6 is 0 Å². The number of rotatable bonds is 1. The Morgan fingerprint density at radius 1 is 1.50 bits per heavy atom. The van der Waals surface area contributed by atoms with E-state index in [2.05, 4.69) is 0 Å². The zero-order chi connectivity index (χ0) is 7.61.